The van der Waals surface area contributed by atoms with Gasteiger partial charge < -0.3 is 19.3 Å². The van der Waals surface area contributed by atoms with Crippen LogP contribution in [-0.4, -0.2) is 113 Å². The van der Waals surface area contributed by atoms with Crippen LogP contribution < -0.4 is 14.4 Å². The van der Waals surface area contributed by atoms with Crippen molar-refractivity contribution in [1.82, 2.24) is 19.7 Å². The molecule has 0 unspecified atom stereocenters. The Balaban J connectivity index is 1.01. The molecule has 0 bridgehead atoms. The summed E-state index contributed by atoms with van der Waals surface area (Å²) in [7, 11) is -2.98. The van der Waals surface area contributed by atoms with Crippen molar-refractivity contribution < 1.29 is 26.7 Å². The predicted molar refractivity (Wildman–Crippen MR) is 249 cm³/mol. The van der Waals surface area contributed by atoms with E-state index in [1.807, 2.05) is 0 Å². The number of pyridine rings is 1. The molecule has 0 amide bonds. The molecule has 12 heteroatoms. The van der Waals surface area contributed by atoms with E-state index >= 15 is 8.78 Å². The maximum absolute atomic E-state index is 15.9. The van der Waals surface area contributed by atoms with Gasteiger partial charge in [0.25, 0.3) is 0 Å². The number of benzene rings is 2. The van der Waals surface area contributed by atoms with Crippen LogP contribution >= 0.6 is 0 Å². The molecular weight excluding hydrogens is 805 g/mol. The second-order valence-electron chi connectivity index (χ2n) is 18.2. The highest BCUT2D eigenvalue weighted by molar-refractivity contribution is 7.91. The lowest BCUT2D eigenvalue weighted by Crippen LogP contribution is -2.56. The lowest BCUT2D eigenvalue weighted by molar-refractivity contribution is 0.0384. The number of halogens is 2. The third-order valence-electron chi connectivity index (χ3n) is 14.0. The zero-order valence-corrected chi connectivity index (χ0v) is 39.2. The lowest BCUT2D eigenvalue weighted by Gasteiger charge is -2.46. The Hall–Kier alpha value is -3.06. The number of fused-ring (bicyclic) bond motifs is 1. The Bertz CT molecular complexity index is 1910. The third kappa shape index (κ3) is 13.3. The number of piperazine rings is 1. The van der Waals surface area contributed by atoms with Gasteiger partial charge in [-0.05, 0) is 76.0 Å². The van der Waals surface area contributed by atoms with Gasteiger partial charge in [-0.1, -0.05) is 110 Å². The minimum Gasteiger partial charge on any atom is -0.497 e. The van der Waals surface area contributed by atoms with Crippen molar-refractivity contribution in [3.8, 4) is 11.5 Å². The Morgan fingerprint density at radius 3 is 1.71 bits per heavy atom. The standard InChI is InChI=1S/C50H77F2N5O4S/c1-4-6-7-8-9-10-11-12-13-14-15-16-17-18-19-20-35-61-47-37-45(52)48(38-44(47)51)62(58,59)49-39-53-46-22-21-42(60-3)36-43(46)50(49)57-29-25-41(26-30-57)56-33-31-55(32-34-56)40-23-27-54(5-2)28-24-40/h21-22,36-41H,4-20,23-35H2,1-3H3. The number of sulfone groups is 1. The highest BCUT2D eigenvalue weighted by Gasteiger charge is 2.35. The number of methoxy groups -OCH3 is 1. The first-order valence-electron chi connectivity index (χ1n) is 24.5. The van der Waals surface area contributed by atoms with Crippen molar-refractivity contribution in [1.29, 1.82) is 0 Å². The van der Waals surface area contributed by atoms with Crippen molar-refractivity contribution in [3.63, 3.8) is 0 Å². The van der Waals surface area contributed by atoms with E-state index in [0.717, 1.165) is 77.0 Å². The van der Waals surface area contributed by atoms with Crippen LogP contribution in [0.25, 0.3) is 10.9 Å². The Morgan fingerprint density at radius 2 is 1.18 bits per heavy atom. The fraction of sp³-hybridized carbons (Fsp3) is 0.700. The minimum atomic E-state index is -4.54. The van der Waals surface area contributed by atoms with Crippen molar-refractivity contribution in [2.45, 2.75) is 164 Å². The van der Waals surface area contributed by atoms with E-state index in [4.69, 9.17) is 9.47 Å². The zero-order chi connectivity index (χ0) is 43.7. The summed E-state index contributed by atoms with van der Waals surface area (Å²) in [5.74, 6) is -1.65. The molecule has 62 heavy (non-hydrogen) atoms. The fourth-order valence-electron chi connectivity index (χ4n) is 10.1. The van der Waals surface area contributed by atoms with E-state index in [0.29, 0.717) is 47.5 Å². The van der Waals surface area contributed by atoms with Gasteiger partial charge in [0.1, 0.15) is 21.4 Å². The number of hydrogen-bond donors (Lipinski definition) is 0. The molecule has 1 aromatic heterocycles. The van der Waals surface area contributed by atoms with E-state index < -0.39 is 26.4 Å². The quantitative estimate of drug-likeness (QED) is 0.0773. The first-order chi connectivity index (χ1) is 30.2. The summed E-state index contributed by atoms with van der Waals surface area (Å²) in [5.41, 5.74) is 1.06. The highest BCUT2D eigenvalue weighted by atomic mass is 32.2. The maximum atomic E-state index is 15.9. The van der Waals surface area contributed by atoms with E-state index in [1.54, 1.807) is 25.3 Å². The first kappa shape index (κ1) is 48.4. The summed E-state index contributed by atoms with van der Waals surface area (Å²) in [6, 6.07) is 8.11. The van der Waals surface area contributed by atoms with Gasteiger partial charge in [-0.2, -0.15) is 0 Å². The number of rotatable bonds is 25. The molecule has 3 saturated heterocycles. The molecule has 2 aromatic carbocycles. The van der Waals surface area contributed by atoms with E-state index in [-0.39, 0.29) is 17.3 Å². The number of aromatic nitrogens is 1. The molecule has 0 aliphatic carbocycles. The summed E-state index contributed by atoms with van der Waals surface area (Å²) in [6.45, 7) is 13.8. The molecule has 9 nitrogen and oxygen atoms in total. The van der Waals surface area contributed by atoms with Crippen molar-refractivity contribution in [2.24, 2.45) is 0 Å². The van der Waals surface area contributed by atoms with Crippen LogP contribution in [0.15, 0.2) is 46.3 Å². The van der Waals surface area contributed by atoms with E-state index in [2.05, 4.69) is 38.4 Å². The SMILES string of the molecule is CCCCCCCCCCCCCCCCCCOc1cc(F)c(S(=O)(=O)c2cnc3ccc(OC)cc3c2N2CCC(N3CCN(C4CCN(CC)CC4)CC3)CC2)cc1F. The van der Waals surface area contributed by atoms with Crippen molar-refractivity contribution in [3.05, 3.63) is 48.2 Å². The normalized spacial score (nSPS) is 17.9. The van der Waals surface area contributed by atoms with Crippen molar-refractivity contribution in [2.75, 3.05) is 77.5 Å². The summed E-state index contributed by atoms with van der Waals surface area (Å²) in [5, 5.41) is 0.603. The van der Waals surface area contributed by atoms with Gasteiger partial charge >= 0.3 is 0 Å². The average molecular weight is 882 g/mol. The van der Waals surface area contributed by atoms with Crippen LogP contribution in [0.2, 0.25) is 0 Å². The minimum absolute atomic E-state index is 0.139. The van der Waals surface area contributed by atoms with Gasteiger partial charge in [0, 0.05) is 69.0 Å². The number of piperidine rings is 2. The number of nitrogens with zero attached hydrogens (tertiary/aromatic N) is 5. The number of hydrogen-bond acceptors (Lipinski definition) is 9. The second-order valence-corrected chi connectivity index (χ2v) is 20.1. The van der Waals surface area contributed by atoms with Gasteiger partial charge in [-0.25, -0.2) is 17.2 Å². The molecule has 4 heterocycles. The van der Waals surface area contributed by atoms with Crippen LogP contribution in [0.3, 0.4) is 0 Å². The average Bonchev–Trinajstić information content (AvgIpc) is 3.30. The summed E-state index contributed by atoms with van der Waals surface area (Å²) < 4.78 is 71.6. The van der Waals surface area contributed by atoms with E-state index in [1.165, 1.54) is 116 Å². The molecular formula is C50H77F2N5O4S. The Kier molecular flexibility index (Phi) is 19.4. The largest absolute Gasteiger partial charge is 0.497 e. The molecule has 6 rings (SSSR count). The van der Waals surface area contributed by atoms with Crippen molar-refractivity contribution >= 4 is 26.4 Å². The maximum Gasteiger partial charge on any atom is 0.213 e. The predicted octanol–water partition coefficient (Wildman–Crippen LogP) is 11.1. The lowest BCUT2D eigenvalue weighted by atomic mass is 9.99. The molecule has 3 aliphatic rings. The van der Waals surface area contributed by atoms with Gasteiger partial charge in [-0.3, -0.25) is 14.8 Å². The molecule has 3 aromatic rings. The molecule has 0 spiro atoms. The number of ether oxygens (including phenoxy) is 2. The number of unbranched alkanes of at least 4 members (excludes halogenated alkanes) is 15. The fourth-order valence-corrected chi connectivity index (χ4v) is 11.6. The number of anilines is 1. The molecule has 0 N–H and O–H groups in total. The zero-order valence-electron chi connectivity index (χ0n) is 38.4. The molecule has 346 valence electrons. The van der Waals surface area contributed by atoms with Crippen LogP contribution in [0.5, 0.6) is 11.5 Å². The molecule has 0 radical (unpaired) electrons. The van der Waals surface area contributed by atoms with Crippen LogP contribution in [0.4, 0.5) is 14.5 Å². The van der Waals surface area contributed by atoms with Gasteiger partial charge in [-0.15, -0.1) is 0 Å². The van der Waals surface area contributed by atoms with Crippen LogP contribution in [0.1, 0.15) is 142 Å². The van der Waals surface area contributed by atoms with Gasteiger partial charge in [0.05, 0.1) is 24.9 Å². The molecule has 3 fully saturated rings. The molecule has 0 saturated carbocycles. The molecule has 0 atom stereocenters. The highest BCUT2D eigenvalue weighted by Crippen LogP contribution is 2.40. The monoisotopic (exact) mass is 882 g/mol. The Labute approximate surface area is 372 Å². The smallest absolute Gasteiger partial charge is 0.213 e. The Morgan fingerprint density at radius 1 is 0.645 bits per heavy atom. The van der Waals surface area contributed by atoms with Crippen LogP contribution in [0, 0.1) is 11.6 Å². The topological polar surface area (TPSA) is 78.4 Å². The van der Waals surface area contributed by atoms with Gasteiger partial charge in [0.2, 0.25) is 9.84 Å². The summed E-state index contributed by atoms with van der Waals surface area (Å²) in [6.07, 6.45) is 25.5. The van der Waals surface area contributed by atoms with E-state index in [9.17, 15) is 8.42 Å². The second kappa shape index (κ2) is 24.9. The third-order valence-corrected chi connectivity index (χ3v) is 15.8. The summed E-state index contributed by atoms with van der Waals surface area (Å²) >= 11 is 0. The first-order valence-corrected chi connectivity index (χ1v) is 26.0. The number of likely N-dealkylation sites (tertiary alicyclic amines) is 1. The molecule has 3 aliphatic heterocycles. The van der Waals surface area contributed by atoms with Crippen LogP contribution in [-0.2, 0) is 9.84 Å². The summed E-state index contributed by atoms with van der Waals surface area (Å²) in [4.78, 5) is 13.6. The van der Waals surface area contributed by atoms with Gasteiger partial charge in [0.15, 0.2) is 11.6 Å².